The van der Waals surface area contributed by atoms with Crippen LogP contribution in [0, 0.1) is 6.92 Å². The Morgan fingerprint density at radius 3 is 2.31 bits per heavy atom. The molecule has 2 N–H and O–H groups in total. The molecule has 1 fully saturated rings. The van der Waals surface area contributed by atoms with Gasteiger partial charge < -0.3 is 10.5 Å². The molecule has 0 bridgehead atoms. The number of benzene rings is 2. The molecule has 5 rings (SSSR count). The van der Waals surface area contributed by atoms with Gasteiger partial charge in [-0.1, -0.05) is 72.0 Å². The van der Waals surface area contributed by atoms with E-state index in [9.17, 15) is 4.79 Å². The number of fused-ring (bicyclic) bond motifs is 1. The van der Waals surface area contributed by atoms with Gasteiger partial charge in [-0.05, 0) is 30.3 Å². The van der Waals surface area contributed by atoms with Crippen molar-refractivity contribution in [3.05, 3.63) is 87.5 Å². The summed E-state index contributed by atoms with van der Waals surface area (Å²) in [7, 11) is 0. The van der Waals surface area contributed by atoms with Crippen LogP contribution in [-0.4, -0.2) is 43.2 Å². The van der Waals surface area contributed by atoms with Crippen LogP contribution >= 0.6 is 35.3 Å². The van der Waals surface area contributed by atoms with Gasteiger partial charge in [0, 0.05) is 11.3 Å². The van der Waals surface area contributed by atoms with Crippen molar-refractivity contribution in [1.82, 2.24) is 15.1 Å². The van der Waals surface area contributed by atoms with Crippen molar-refractivity contribution in [3.63, 3.8) is 0 Å². The van der Waals surface area contributed by atoms with Crippen molar-refractivity contribution in [1.29, 1.82) is 0 Å². The van der Waals surface area contributed by atoms with Gasteiger partial charge >= 0.3 is 0 Å². The van der Waals surface area contributed by atoms with Crippen molar-refractivity contribution >= 4 is 51.8 Å². The number of rotatable bonds is 5. The molecule has 2 atom stereocenters. The Balaban J connectivity index is 1.56. The summed E-state index contributed by atoms with van der Waals surface area (Å²) >= 11 is 8.92. The minimum absolute atomic E-state index is 0.149. The summed E-state index contributed by atoms with van der Waals surface area (Å²) < 4.78 is 6.44. The number of thioether (sulfide) groups is 1. The lowest BCUT2D eigenvalue weighted by Gasteiger charge is -2.48. The number of hydrogen-bond donors (Lipinski definition) is 1. The lowest BCUT2D eigenvalue weighted by atomic mass is 10.0. The van der Waals surface area contributed by atoms with Gasteiger partial charge in [0.1, 0.15) is 33.2 Å². The molecule has 0 saturated carbocycles. The zero-order chi connectivity index (χ0) is 22.2. The number of ether oxygens (including phenoxy) is 1. The van der Waals surface area contributed by atoms with E-state index in [0.29, 0.717) is 11.4 Å². The van der Waals surface area contributed by atoms with Gasteiger partial charge in [-0.3, -0.25) is 9.69 Å². The number of aromatic nitrogens is 2. The average Bonchev–Trinajstić information content (AvgIpc) is 3.28. The molecule has 0 unspecified atom stereocenters. The van der Waals surface area contributed by atoms with Gasteiger partial charge in [0.15, 0.2) is 0 Å². The third-order valence-corrected chi connectivity index (χ3v) is 7.91. The predicted molar refractivity (Wildman–Crippen MR) is 131 cm³/mol. The van der Waals surface area contributed by atoms with E-state index in [1.807, 2.05) is 67.6 Å². The smallest absolute Gasteiger partial charge is 0.248 e. The highest BCUT2D eigenvalue weighted by Gasteiger charge is 2.52. The van der Waals surface area contributed by atoms with Crippen LogP contribution in [-0.2, 0) is 9.53 Å². The first kappa shape index (κ1) is 21.3. The van der Waals surface area contributed by atoms with Gasteiger partial charge in [0.25, 0.3) is 0 Å². The van der Waals surface area contributed by atoms with Crippen LogP contribution in [0.5, 0.6) is 0 Å². The summed E-state index contributed by atoms with van der Waals surface area (Å²) in [5.41, 5.74) is 9.47. The highest BCUT2D eigenvalue weighted by atomic mass is 32.2. The van der Waals surface area contributed by atoms with Crippen LogP contribution in [0.4, 0.5) is 0 Å². The van der Waals surface area contributed by atoms with Gasteiger partial charge in [-0.15, -0.1) is 22.0 Å². The van der Waals surface area contributed by atoms with Crippen LogP contribution in [0.1, 0.15) is 27.2 Å². The topological polar surface area (TPSA) is 81.3 Å². The molecule has 3 aromatic rings. The van der Waals surface area contributed by atoms with E-state index in [2.05, 4.69) is 10.2 Å². The fraction of sp³-hybridized carbons (Fsp3) is 0.217. The molecule has 9 heteroatoms. The molecule has 2 aliphatic rings. The number of hydrogen-bond acceptors (Lipinski definition) is 8. The fourth-order valence-corrected chi connectivity index (χ4v) is 6.27. The highest BCUT2D eigenvalue weighted by molar-refractivity contribution is 8.00. The van der Waals surface area contributed by atoms with E-state index < -0.39 is 12.1 Å². The molecule has 162 valence electrons. The summed E-state index contributed by atoms with van der Waals surface area (Å²) in [5, 5.41) is 10.2. The molecular weight excluding hydrogens is 460 g/mol. The number of nitrogens with two attached hydrogens (primary N) is 1. The summed E-state index contributed by atoms with van der Waals surface area (Å²) in [4.78, 5) is 14.4. The summed E-state index contributed by atoms with van der Waals surface area (Å²) in [6, 6.07) is 19.3. The Morgan fingerprint density at radius 2 is 1.75 bits per heavy atom. The second-order valence-electron chi connectivity index (χ2n) is 7.50. The maximum Gasteiger partial charge on any atom is 0.248 e. The lowest BCUT2D eigenvalue weighted by molar-refractivity contribution is -0.140. The predicted octanol–water partition coefficient (Wildman–Crippen LogP) is 3.93. The lowest BCUT2D eigenvalue weighted by Crippen LogP contribution is -2.68. The highest BCUT2D eigenvalue weighted by Crippen LogP contribution is 2.44. The van der Waals surface area contributed by atoms with Gasteiger partial charge in [-0.25, -0.2) is 0 Å². The van der Waals surface area contributed by atoms with Crippen molar-refractivity contribution < 1.29 is 9.53 Å². The number of aryl methyl sites for hydroxylation is 1. The fourth-order valence-electron chi connectivity index (χ4n) is 3.83. The van der Waals surface area contributed by atoms with Crippen LogP contribution in [0.15, 0.2) is 66.4 Å². The number of carbonyl (C=O) groups is 1. The molecule has 1 aromatic heterocycles. The summed E-state index contributed by atoms with van der Waals surface area (Å²) in [6.45, 7) is 1.90. The van der Waals surface area contributed by atoms with E-state index in [-0.39, 0.29) is 16.3 Å². The molecule has 0 aliphatic carbocycles. The van der Waals surface area contributed by atoms with E-state index in [1.165, 1.54) is 11.3 Å². The Morgan fingerprint density at radius 1 is 1.12 bits per heavy atom. The van der Waals surface area contributed by atoms with Crippen molar-refractivity contribution in [2.24, 2.45) is 5.73 Å². The zero-order valence-electron chi connectivity index (χ0n) is 17.2. The maximum atomic E-state index is 12.7. The first-order chi connectivity index (χ1) is 15.5. The molecule has 0 radical (unpaired) electrons. The number of nitrogens with zero attached hydrogens (tertiary/aromatic N) is 3. The number of amides is 1. The normalized spacial score (nSPS) is 20.2. The SMILES string of the molecule is Cc1nnc(C2=C(C(=S)OC(c3ccccc3)c3ccccc3)N3C(=O)[C@@H](N)[C@H]3SC2)s1. The third kappa shape index (κ3) is 3.75. The largest absolute Gasteiger partial charge is 0.469 e. The standard InChI is InChI=1S/C23H20N4O2S3/c1-13-25-26-20(32-13)16-12-31-22-17(24)21(28)27(22)18(16)23(30)29-19(14-8-4-2-5-9-14)15-10-6-3-7-11-15/h2-11,17,19,22H,12,24H2,1H3/t17-,22-/m1/s1. The second-order valence-corrected chi connectivity index (χ2v) is 10.2. The van der Waals surface area contributed by atoms with Crippen molar-refractivity contribution in [2.45, 2.75) is 24.4 Å². The van der Waals surface area contributed by atoms with Crippen LogP contribution in [0.3, 0.4) is 0 Å². The van der Waals surface area contributed by atoms with Gasteiger partial charge in [0.05, 0.1) is 0 Å². The van der Waals surface area contributed by atoms with Gasteiger partial charge in [-0.2, -0.15) is 0 Å². The van der Waals surface area contributed by atoms with Crippen LogP contribution in [0.2, 0.25) is 0 Å². The maximum absolute atomic E-state index is 12.7. The Kier molecular flexibility index (Phi) is 5.81. The average molecular weight is 481 g/mol. The third-order valence-electron chi connectivity index (χ3n) is 5.42. The van der Waals surface area contributed by atoms with E-state index in [1.54, 1.807) is 16.7 Å². The quantitative estimate of drug-likeness (QED) is 0.438. The molecule has 3 heterocycles. The second kappa shape index (κ2) is 8.74. The summed E-state index contributed by atoms with van der Waals surface area (Å²) in [6.07, 6.45) is -0.409. The Hall–Kier alpha value is -2.59. The van der Waals surface area contributed by atoms with Crippen molar-refractivity contribution in [2.75, 3.05) is 5.75 Å². The number of carbonyl (C=O) groups excluding carboxylic acids is 1. The van der Waals surface area contributed by atoms with E-state index in [0.717, 1.165) is 26.7 Å². The van der Waals surface area contributed by atoms with E-state index >= 15 is 0 Å². The first-order valence-electron chi connectivity index (χ1n) is 10.1. The molecule has 6 nitrogen and oxygen atoms in total. The molecule has 2 aromatic carbocycles. The molecule has 1 saturated heterocycles. The number of thiocarbonyl (C=S) groups is 1. The Labute approximate surface area is 199 Å². The molecule has 32 heavy (non-hydrogen) atoms. The minimum Gasteiger partial charge on any atom is -0.469 e. The number of β-lactam (4-membered cyclic amide) rings is 1. The molecule has 1 amide bonds. The minimum atomic E-state index is -0.533. The zero-order valence-corrected chi connectivity index (χ0v) is 19.6. The monoisotopic (exact) mass is 480 g/mol. The molecule has 2 aliphatic heterocycles. The van der Waals surface area contributed by atoms with Gasteiger partial charge in [0.2, 0.25) is 11.0 Å². The van der Waals surface area contributed by atoms with Crippen molar-refractivity contribution in [3.8, 4) is 0 Å². The van der Waals surface area contributed by atoms with Crippen LogP contribution in [0.25, 0.3) is 5.57 Å². The van der Waals surface area contributed by atoms with E-state index in [4.69, 9.17) is 22.7 Å². The summed E-state index contributed by atoms with van der Waals surface area (Å²) in [5.74, 6) is 0.481. The van der Waals surface area contributed by atoms with Crippen LogP contribution < -0.4 is 5.73 Å². The Bertz CT molecular complexity index is 1160. The molecule has 0 spiro atoms. The first-order valence-corrected chi connectivity index (χ1v) is 12.4. The molecular formula is C23H20N4O2S3.